The highest BCUT2D eigenvalue weighted by Crippen LogP contribution is 2.26. The normalized spacial score (nSPS) is 21.7. The summed E-state index contributed by atoms with van der Waals surface area (Å²) in [4.78, 5) is 6.99. The standard InChI is InChI=1S/C17H23N3O/c1-2-9-20-14(12-18-17(20)6-1)13-19-10-7-16(8-11-19)21-15-4-3-5-15/h1-2,6,9,12,15-16H,3-5,7-8,10-11,13H2. The third-order valence-corrected chi connectivity index (χ3v) is 4.85. The number of hydrogen-bond acceptors (Lipinski definition) is 3. The molecule has 0 amide bonds. The van der Waals surface area contributed by atoms with E-state index in [1.165, 1.54) is 37.8 Å². The molecule has 4 rings (SSSR count). The van der Waals surface area contributed by atoms with Crippen molar-refractivity contribution in [3.63, 3.8) is 0 Å². The third kappa shape index (κ3) is 2.83. The number of aromatic nitrogens is 2. The topological polar surface area (TPSA) is 29.8 Å². The Labute approximate surface area is 125 Å². The summed E-state index contributed by atoms with van der Waals surface area (Å²) in [6.45, 7) is 3.26. The van der Waals surface area contributed by atoms with E-state index in [9.17, 15) is 0 Å². The van der Waals surface area contributed by atoms with E-state index < -0.39 is 0 Å². The minimum Gasteiger partial charge on any atom is -0.375 e. The van der Waals surface area contributed by atoms with Crippen molar-refractivity contribution in [2.24, 2.45) is 0 Å². The first kappa shape index (κ1) is 13.3. The molecule has 0 aromatic carbocycles. The van der Waals surface area contributed by atoms with E-state index >= 15 is 0 Å². The van der Waals surface area contributed by atoms with Crippen molar-refractivity contribution in [2.45, 2.75) is 50.9 Å². The highest BCUT2D eigenvalue weighted by atomic mass is 16.5. The summed E-state index contributed by atoms with van der Waals surface area (Å²) in [6, 6.07) is 6.16. The molecule has 1 saturated heterocycles. The summed E-state index contributed by atoms with van der Waals surface area (Å²) in [5.41, 5.74) is 2.32. The second kappa shape index (κ2) is 5.78. The molecule has 0 atom stereocenters. The molecule has 1 saturated carbocycles. The van der Waals surface area contributed by atoms with Gasteiger partial charge in [-0.05, 0) is 44.2 Å². The smallest absolute Gasteiger partial charge is 0.136 e. The predicted molar refractivity (Wildman–Crippen MR) is 82.2 cm³/mol. The Balaban J connectivity index is 1.34. The Kier molecular flexibility index (Phi) is 3.65. The molecular formula is C17H23N3O. The number of fused-ring (bicyclic) bond motifs is 1. The lowest BCUT2D eigenvalue weighted by Crippen LogP contribution is -2.39. The fourth-order valence-electron chi connectivity index (χ4n) is 3.31. The largest absolute Gasteiger partial charge is 0.375 e. The van der Waals surface area contributed by atoms with Crippen LogP contribution in [0.3, 0.4) is 0 Å². The number of hydrogen-bond donors (Lipinski definition) is 0. The molecule has 0 unspecified atom stereocenters. The first-order valence-electron chi connectivity index (χ1n) is 8.17. The van der Waals surface area contributed by atoms with E-state index in [1.54, 1.807) is 0 Å². The fraction of sp³-hybridized carbons (Fsp3) is 0.588. The summed E-state index contributed by atoms with van der Waals surface area (Å²) >= 11 is 0. The molecule has 0 bridgehead atoms. The van der Waals surface area contributed by atoms with Crippen LogP contribution in [0.5, 0.6) is 0 Å². The highest BCUT2D eigenvalue weighted by molar-refractivity contribution is 5.39. The molecule has 3 heterocycles. The maximum Gasteiger partial charge on any atom is 0.136 e. The zero-order valence-corrected chi connectivity index (χ0v) is 12.4. The first-order valence-corrected chi connectivity index (χ1v) is 8.17. The minimum atomic E-state index is 0.494. The van der Waals surface area contributed by atoms with Crippen molar-refractivity contribution < 1.29 is 4.74 Å². The predicted octanol–water partition coefficient (Wildman–Crippen LogP) is 2.87. The van der Waals surface area contributed by atoms with Crippen LogP contribution in [0.25, 0.3) is 5.65 Å². The number of piperidine rings is 1. The number of likely N-dealkylation sites (tertiary alicyclic amines) is 1. The number of rotatable bonds is 4. The van der Waals surface area contributed by atoms with E-state index in [1.807, 2.05) is 12.3 Å². The fourth-order valence-corrected chi connectivity index (χ4v) is 3.31. The summed E-state index contributed by atoms with van der Waals surface area (Å²) in [7, 11) is 0. The average molecular weight is 285 g/mol. The zero-order valence-electron chi connectivity index (χ0n) is 12.4. The van der Waals surface area contributed by atoms with E-state index in [-0.39, 0.29) is 0 Å². The Hall–Kier alpha value is -1.39. The Morgan fingerprint density at radius 2 is 1.90 bits per heavy atom. The van der Waals surface area contributed by atoms with Gasteiger partial charge < -0.3 is 9.14 Å². The van der Waals surface area contributed by atoms with Crippen LogP contribution in [0.4, 0.5) is 0 Å². The van der Waals surface area contributed by atoms with Gasteiger partial charge in [-0.25, -0.2) is 4.98 Å². The first-order chi connectivity index (χ1) is 10.4. The van der Waals surface area contributed by atoms with Gasteiger partial charge in [0.15, 0.2) is 0 Å². The van der Waals surface area contributed by atoms with Crippen molar-refractivity contribution in [2.75, 3.05) is 13.1 Å². The van der Waals surface area contributed by atoms with E-state index in [4.69, 9.17) is 4.74 Å². The van der Waals surface area contributed by atoms with Crippen LogP contribution in [0, 0.1) is 0 Å². The molecule has 0 N–H and O–H groups in total. The van der Waals surface area contributed by atoms with Crippen LogP contribution in [0.2, 0.25) is 0 Å². The Morgan fingerprint density at radius 3 is 2.67 bits per heavy atom. The summed E-state index contributed by atoms with van der Waals surface area (Å²) in [5.74, 6) is 0. The van der Waals surface area contributed by atoms with E-state index in [0.717, 1.165) is 25.3 Å². The summed E-state index contributed by atoms with van der Waals surface area (Å²) in [6.07, 6.45) is 11.4. The number of nitrogens with zero attached hydrogens (tertiary/aromatic N) is 3. The summed E-state index contributed by atoms with van der Waals surface area (Å²) in [5, 5.41) is 0. The van der Waals surface area contributed by atoms with Gasteiger partial charge in [-0.3, -0.25) is 4.90 Å². The van der Waals surface area contributed by atoms with Crippen LogP contribution < -0.4 is 0 Å². The quantitative estimate of drug-likeness (QED) is 0.865. The molecular weight excluding hydrogens is 262 g/mol. The van der Waals surface area contributed by atoms with E-state index in [0.29, 0.717) is 12.2 Å². The van der Waals surface area contributed by atoms with Gasteiger partial charge in [0.2, 0.25) is 0 Å². The molecule has 4 nitrogen and oxygen atoms in total. The number of ether oxygens (including phenoxy) is 1. The highest BCUT2D eigenvalue weighted by Gasteiger charge is 2.26. The molecule has 2 fully saturated rings. The van der Waals surface area contributed by atoms with Crippen LogP contribution in [-0.2, 0) is 11.3 Å². The molecule has 2 aromatic rings. The average Bonchev–Trinajstić information content (AvgIpc) is 2.88. The molecule has 21 heavy (non-hydrogen) atoms. The Bertz CT molecular complexity index is 597. The van der Waals surface area contributed by atoms with Crippen molar-refractivity contribution in [1.29, 1.82) is 0 Å². The van der Waals surface area contributed by atoms with Gasteiger partial charge in [0.1, 0.15) is 5.65 Å². The monoisotopic (exact) mass is 285 g/mol. The van der Waals surface area contributed by atoms with Crippen molar-refractivity contribution in [1.82, 2.24) is 14.3 Å². The number of imidazole rings is 1. The van der Waals surface area contributed by atoms with Crippen LogP contribution in [0.1, 0.15) is 37.8 Å². The maximum atomic E-state index is 6.14. The lowest BCUT2D eigenvalue weighted by molar-refractivity contribution is -0.0742. The lowest BCUT2D eigenvalue weighted by Gasteiger charge is -2.36. The van der Waals surface area contributed by atoms with Gasteiger partial charge in [0.25, 0.3) is 0 Å². The maximum absolute atomic E-state index is 6.14. The van der Waals surface area contributed by atoms with E-state index in [2.05, 4.69) is 32.6 Å². The van der Waals surface area contributed by atoms with Gasteiger partial charge in [-0.1, -0.05) is 6.07 Å². The summed E-state index contributed by atoms with van der Waals surface area (Å²) < 4.78 is 8.33. The molecule has 1 aliphatic carbocycles. The minimum absolute atomic E-state index is 0.494. The molecule has 2 aliphatic rings. The van der Waals surface area contributed by atoms with Gasteiger partial charge in [0, 0.05) is 25.8 Å². The second-order valence-corrected chi connectivity index (χ2v) is 6.34. The molecule has 2 aromatic heterocycles. The van der Waals surface area contributed by atoms with Crippen molar-refractivity contribution >= 4 is 5.65 Å². The molecule has 112 valence electrons. The second-order valence-electron chi connectivity index (χ2n) is 6.34. The van der Waals surface area contributed by atoms with Gasteiger partial charge in [-0.2, -0.15) is 0 Å². The van der Waals surface area contributed by atoms with Crippen LogP contribution in [-0.4, -0.2) is 39.6 Å². The van der Waals surface area contributed by atoms with Crippen molar-refractivity contribution in [3.05, 3.63) is 36.3 Å². The Morgan fingerprint density at radius 1 is 1.10 bits per heavy atom. The molecule has 1 aliphatic heterocycles. The molecule has 4 heteroatoms. The van der Waals surface area contributed by atoms with Gasteiger partial charge in [-0.15, -0.1) is 0 Å². The third-order valence-electron chi connectivity index (χ3n) is 4.85. The zero-order chi connectivity index (χ0) is 14.1. The van der Waals surface area contributed by atoms with Gasteiger partial charge >= 0.3 is 0 Å². The van der Waals surface area contributed by atoms with Crippen LogP contribution >= 0.6 is 0 Å². The SMILES string of the molecule is c1ccn2c(CN3CCC(OC4CCC4)CC3)cnc2c1. The lowest BCUT2D eigenvalue weighted by atomic mass is 9.95. The number of pyridine rings is 1. The van der Waals surface area contributed by atoms with Crippen LogP contribution in [0.15, 0.2) is 30.6 Å². The van der Waals surface area contributed by atoms with Gasteiger partial charge in [0.05, 0.1) is 24.1 Å². The van der Waals surface area contributed by atoms with Crippen molar-refractivity contribution in [3.8, 4) is 0 Å². The molecule has 0 spiro atoms. The molecule has 0 radical (unpaired) electrons.